The Kier molecular flexibility index (Phi) is 3.31. The van der Waals surface area contributed by atoms with Crippen molar-refractivity contribution in [3.8, 4) is 11.6 Å². The average Bonchev–Trinajstić information content (AvgIpc) is 2.99. The van der Waals surface area contributed by atoms with Gasteiger partial charge in [-0.05, 0) is 24.3 Å². The van der Waals surface area contributed by atoms with Gasteiger partial charge in [0.15, 0.2) is 0 Å². The fourth-order valence-electron chi connectivity index (χ4n) is 2.71. The summed E-state index contributed by atoms with van der Waals surface area (Å²) in [6.45, 7) is 1.57. The van der Waals surface area contributed by atoms with Gasteiger partial charge in [-0.2, -0.15) is 0 Å². The number of para-hydroxylation sites is 1. The van der Waals surface area contributed by atoms with Crippen LogP contribution in [0.1, 0.15) is 11.5 Å². The van der Waals surface area contributed by atoms with Crippen molar-refractivity contribution in [1.82, 2.24) is 9.97 Å². The molecule has 0 saturated heterocycles. The molecule has 1 aromatic carbocycles. The highest BCUT2D eigenvalue weighted by Gasteiger charge is 2.24. The van der Waals surface area contributed by atoms with Crippen LogP contribution in [0, 0.1) is 0 Å². The lowest BCUT2D eigenvalue weighted by molar-refractivity contribution is 0.498. The van der Waals surface area contributed by atoms with E-state index in [1.165, 1.54) is 0 Å². The largest absolute Gasteiger partial charge is 0.439 e. The van der Waals surface area contributed by atoms with Crippen molar-refractivity contribution in [1.29, 1.82) is 0 Å². The lowest BCUT2D eigenvalue weighted by Gasteiger charge is -2.28. The second-order valence-corrected chi connectivity index (χ2v) is 5.63. The van der Waals surface area contributed by atoms with E-state index >= 15 is 0 Å². The first-order valence-electron chi connectivity index (χ1n) is 7.21. The molecule has 1 aliphatic heterocycles. The number of fused-ring (bicyclic) bond motifs is 1. The van der Waals surface area contributed by atoms with Crippen LogP contribution in [-0.4, -0.2) is 16.5 Å². The molecular formula is C17H14ClN3O. The van der Waals surface area contributed by atoms with Gasteiger partial charge in [-0.25, -0.2) is 4.98 Å². The molecular weight excluding hydrogens is 298 g/mol. The van der Waals surface area contributed by atoms with E-state index in [0.29, 0.717) is 12.4 Å². The maximum Gasteiger partial charge on any atom is 0.245 e. The molecule has 0 atom stereocenters. The van der Waals surface area contributed by atoms with Crippen molar-refractivity contribution >= 4 is 17.3 Å². The number of hydrogen-bond donors (Lipinski definition) is 0. The number of anilines is 1. The first-order chi connectivity index (χ1) is 10.8. The van der Waals surface area contributed by atoms with E-state index in [0.717, 1.165) is 40.8 Å². The Morgan fingerprint density at radius 3 is 2.77 bits per heavy atom. The summed E-state index contributed by atoms with van der Waals surface area (Å²) in [7, 11) is 0. The highest BCUT2D eigenvalue weighted by Crippen LogP contribution is 2.31. The van der Waals surface area contributed by atoms with Gasteiger partial charge in [-0.1, -0.05) is 29.8 Å². The Bertz CT molecular complexity index is 801. The van der Waals surface area contributed by atoms with E-state index in [2.05, 4.69) is 14.9 Å². The van der Waals surface area contributed by atoms with E-state index in [1.807, 2.05) is 42.5 Å². The molecule has 0 fully saturated rings. The highest BCUT2D eigenvalue weighted by molar-refractivity contribution is 6.33. The zero-order chi connectivity index (χ0) is 14.9. The van der Waals surface area contributed by atoms with Gasteiger partial charge < -0.3 is 9.32 Å². The van der Waals surface area contributed by atoms with E-state index in [-0.39, 0.29) is 0 Å². The van der Waals surface area contributed by atoms with Crippen molar-refractivity contribution < 1.29 is 4.42 Å². The molecule has 0 radical (unpaired) electrons. The highest BCUT2D eigenvalue weighted by atomic mass is 35.5. The minimum atomic E-state index is 0.589. The standard InChI is InChI=1S/C17H14ClN3O/c18-12-5-1-2-7-15(12)21-10-8-16-14(11-21)20-17(22-16)13-6-3-4-9-19-13/h1-7,9H,8,10-11H2. The maximum absolute atomic E-state index is 6.29. The van der Waals surface area contributed by atoms with Crippen molar-refractivity contribution in [2.75, 3.05) is 11.4 Å². The van der Waals surface area contributed by atoms with Gasteiger partial charge in [0, 0.05) is 19.2 Å². The first kappa shape index (κ1) is 13.3. The fraction of sp³-hybridized carbons (Fsp3) is 0.176. The number of aromatic nitrogens is 2. The predicted octanol–water partition coefficient (Wildman–Crippen LogP) is 3.95. The molecule has 0 bridgehead atoms. The molecule has 3 aromatic rings. The number of hydrogen-bond acceptors (Lipinski definition) is 4. The molecule has 0 aliphatic carbocycles. The van der Waals surface area contributed by atoms with Crippen LogP contribution < -0.4 is 4.90 Å². The van der Waals surface area contributed by atoms with E-state index in [9.17, 15) is 0 Å². The Morgan fingerprint density at radius 2 is 1.95 bits per heavy atom. The van der Waals surface area contributed by atoms with Gasteiger partial charge >= 0.3 is 0 Å². The normalized spacial score (nSPS) is 14.0. The lowest BCUT2D eigenvalue weighted by atomic mass is 10.1. The predicted molar refractivity (Wildman–Crippen MR) is 85.9 cm³/mol. The minimum Gasteiger partial charge on any atom is -0.439 e. The molecule has 2 aromatic heterocycles. The molecule has 0 N–H and O–H groups in total. The number of pyridine rings is 1. The number of halogens is 1. The van der Waals surface area contributed by atoms with Crippen LogP contribution in [0.4, 0.5) is 5.69 Å². The Balaban J connectivity index is 1.64. The van der Waals surface area contributed by atoms with E-state index in [4.69, 9.17) is 16.0 Å². The van der Waals surface area contributed by atoms with Crippen LogP contribution in [-0.2, 0) is 13.0 Å². The number of rotatable bonds is 2. The molecule has 1 aliphatic rings. The summed E-state index contributed by atoms with van der Waals surface area (Å²) in [6.07, 6.45) is 2.56. The van der Waals surface area contributed by atoms with Gasteiger partial charge in [-0.3, -0.25) is 4.98 Å². The van der Waals surface area contributed by atoms with Crippen molar-refractivity contribution in [3.05, 3.63) is 65.1 Å². The molecule has 5 heteroatoms. The Labute approximate surface area is 133 Å². The maximum atomic E-state index is 6.29. The zero-order valence-electron chi connectivity index (χ0n) is 11.9. The molecule has 4 rings (SSSR count). The molecule has 0 spiro atoms. The quantitative estimate of drug-likeness (QED) is 0.718. The lowest BCUT2D eigenvalue weighted by Crippen LogP contribution is -2.30. The molecule has 0 saturated carbocycles. The molecule has 22 heavy (non-hydrogen) atoms. The van der Waals surface area contributed by atoms with Crippen LogP contribution in [0.5, 0.6) is 0 Å². The zero-order valence-corrected chi connectivity index (χ0v) is 12.6. The van der Waals surface area contributed by atoms with Gasteiger partial charge in [0.1, 0.15) is 17.1 Å². The monoisotopic (exact) mass is 311 g/mol. The summed E-state index contributed by atoms with van der Waals surface area (Å²) < 4.78 is 5.87. The second-order valence-electron chi connectivity index (χ2n) is 5.23. The second kappa shape index (κ2) is 5.46. The SMILES string of the molecule is Clc1ccccc1N1CCc2oc(-c3ccccn3)nc2C1. The van der Waals surface area contributed by atoms with Crippen LogP contribution in [0.15, 0.2) is 53.1 Å². The minimum absolute atomic E-state index is 0.589. The van der Waals surface area contributed by atoms with Gasteiger partial charge in [-0.15, -0.1) is 0 Å². The summed E-state index contributed by atoms with van der Waals surface area (Å²) in [5.74, 6) is 1.54. The topological polar surface area (TPSA) is 42.2 Å². The first-order valence-corrected chi connectivity index (χ1v) is 7.58. The number of benzene rings is 1. The Hall–Kier alpha value is -2.33. The van der Waals surface area contributed by atoms with E-state index < -0.39 is 0 Å². The van der Waals surface area contributed by atoms with Gasteiger partial charge in [0.05, 0.1) is 17.3 Å². The van der Waals surface area contributed by atoms with Gasteiger partial charge in [0.2, 0.25) is 5.89 Å². The summed E-state index contributed by atoms with van der Waals surface area (Å²) in [4.78, 5) is 11.1. The summed E-state index contributed by atoms with van der Waals surface area (Å²) >= 11 is 6.29. The smallest absolute Gasteiger partial charge is 0.245 e. The van der Waals surface area contributed by atoms with Crippen LogP contribution in [0.2, 0.25) is 5.02 Å². The Morgan fingerprint density at radius 1 is 1.09 bits per heavy atom. The molecule has 110 valence electrons. The van der Waals surface area contributed by atoms with Crippen molar-refractivity contribution in [3.63, 3.8) is 0 Å². The van der Waals surface area contributed by atoms with Crippen LogP contribution in [0.25, 0.3) is 11.6 Å². The molecule has 4 nitrogen and oxygen atoms in total. The van der Waals surface area contributed by atoms with Crippen LogP contribution in [0.3, 0.4) is 0 Å². The molecule has 0 unspecified atom stereocenters. The molecule has 3 heterocycles. The van der Waals surface area contributed by atoms with Crippen molar-refractivity contribution in [2.45, 2.75) is 13.0 Å². The fourth-order valence-corrected chi connectivity index (χ4v) is 2.97. The third-order valence-electron chi connectivity index (χ3n) is 3.80. The third kappa shape index (κ3) is 2.35. The van der Waals surface area contributed by atoms with Crippen molar-refractivity contribution in [2.24, 2.45) is 0 Å². The number of nitrogens with zero attached hydrogens (tertiary/aromatic N) is 3. The number of oxazole rings is 1. The summed E-state index contributed by atoms with van der Waals surface area (Å²) in [5, 5.41) is 0.763. The van der Waals surface area contributed by atoms with E-state index in [1.54, 1.807) is 6.20 Å². The van der Waals surface area contributed by atoms with Crippen LogP contribution >= 0.6 is 11.6 Å². The third-order valence-corrected chi connectivity index (χ3v) is 4.12. The average molecular weight is 312 g/mol. The van der Waals surface area contributed by atoms with Gasteiger partial charge in [0.25, 0.3) is 0 Å². The molecule has 0 amide bonds. The summed E-state index contributed by atoms with van der Waals surface area (Å²) in [6, 6.07) is 13.6. The summed E-state index contributed by atoms with van der Waals surface area (Å²) in [5.41, 5.74) is 2.77.